The third kappa shape index (κ3) is 4.26. The zero-order valence-corrected chi connectivity index (χ0v) is 20.7. The van der Waals surface area contributed by atoms with Gasteiger partial charge in [0.25, 0.3) is 5.91 Å². The van der Waals surface area contributed by atoms with Crippen molar-refractivity contribution in [2.45, 2.75) is 83.8 Å². The largest absolute Gasteiger partial charge is 0.497 e. The Balaban J connectivity index is 1.82. The van der Waals surface area contributed by atoms with Crippen molar-refractivity contribution in [1.29, 1.82) is 0 Å². The summed E-state index contributed by atoms with van der Waals surface area (Å²) < 4.78 is 7.29. The number of anilines is 1. The van der Waals surface area contributed by atoms with Crippen LogP contribution in [0, 0.1) is 0 Å². The van der Waals surface area contributed by atoms with E-state index >= 15 is 0 Å². The molecule has 1 aliphatic heterocycles. The van der Waals surface area contributed by atoms with Crippen LogP contribution >= 0.6 is 0 Å². The second-order valence-electron chi connectivity index (χ2n) is 9.77. The van der Waals surface area contributed by atoms with Crippen LogP contribution in [0.25, 0.3) is 10.9 Å². The van der Waals surface area contributed by atoms with Gasteiger partial charge in [-0.05, 0) is 44.4 Å². The molecule has 34 heavy (non-hydrogen) atoms. The van der Waals surface area contributed by atoms with Crippen LogP contribution < -0.4 is 15.4 Å². The van der Waals surface area contributed by atoms with E-state index in [2.05, 4.69) is 17.6 Å². The van der Waals surface area contributed by atoms with Crippen molar-refractivity contribution in [2.24, 2.45) is 0 Å². The summed E-state index contributed by atoms with van der Waals surface area (Å²) in [6.07, 6.45) is 7.11. The summed E-state index contributed by atoms with van der Waals surface area (Å²) in [5, 5.41) is 6.86. The molecule has 1 saturated carbocycles. The lowest BCUT2D eigenvalue weighted by Crippen LogP contribution is -2.65. The molecule has 1 aliphatic carbocycles. The molecule has 3 amide bonds. The maximum Gasteiger partial charge on any atom is 0.273 e. The van der Waals surface area contributed by atoms with Gasteiger partial charge in [-0.15, -0.1) is 0 Å². The Bertz CT molecular complexity index is 1100. The topological polar surface area (TPSA) is 92.7 Å². The molecular weight excluding hydrogens is 432 g/mol. The zero-order chi connectivity index (χ0) is 24.5. The van der Waals surface area contributed by atoms with Gasteiger partial charge in [0.1, 0.15) is 17.0 Å². The highest BCUT2D eigenvalue weighted by Crippen LogP contribution is 2.40. The SMILES string of the molecule is CCCCN1C(=O)c2c(NC(C)=O)c3cc(OC)ccc3n2CC1(C)C(=O)NC1CCCCC1. The molecule has 0 radical (unpaired) electrons. The molecule has 2 N–H and O–H groups in total. The van der Waals surface area contributed by atoms with E-state index < -0.39 is 5.54 Å². The van der Waals surface area contributed by atoms with Crippen LogP contribution in [0.3, 0.4) is 0 Å². The average molecular weight is 469 g/mol. The van der Waals surface area contributed by atoms with Crippen molar-refractivity contribution < 1.29 is 19.1 Å². The number of hydrogen-bond acceptors (Lipinski definition) is 4. The molecule has 0 saturated heterocycles. The lowest BCUT2D eigenvalue weighted by molar-refractivity contribution is -0.133. The first-order valence-electron chi connectivity index (χ1n) is 12.4. The summed E-state index contributed by atoms with van der Waals surface area (Å²) in [7, 11) is 1.58. The first-order valence-corrected chi connectivity index (χ1v) is 12.4. The molecule has 1 aromatic heterocycles. The van der Waals surface area contributed by atoms with Crippen molar-refractivity contribution >= 4 is 34.3 Å². The molecule has 1 aromatic carbocycles. The van der Waals surface area contributed by atoms with E-state index in [1.165, 1.54) is 13.3 Å². The summed E-state index contributed by atoms with van der Waals surface area (Å²) in [5.41, 5.74) is 0.649. The molecule has 0 spiro atoms. The Kier molecular flexibility index (Phi) is 6.86. The fourth-order valence-corrected chi connectivity index (χ4v) is 5.34. The van der Waals surface area contributed by atoms with Gasteiger partial charge in [0, 0.05) is 24.9 Å². The lowest BCUT2D eigenvalue weighted by Gasteiger charge is -2.45. The third-order valence-electron chi connectivity index (χ3n) is 7.25. The quantitative estimate of drug-likeness (QED) is 0.641. The number of rotatable bonds is 7. The summed E-state index contributed by atoms with van der Waals surface area (Å²) in [6, 6.07) is 5.70. The number of nitrogens with one attached hydrogen (secondary N) is 2. The fourth-order valence-electron chi connectivity index (χ4n) is 5.34. The summed E-state index contributed by atoms with van der Waals surface area (Å²) in [4.78, 5) is 41.5. The molecule has 1 unspecified atom stereocenters. The van der Waals surface area contributed by atoms with Gasteiger partial charge >= 0.3 is 0 Å². The first-order chi connectivity index (χ1) is 16.3. The van der Waals surface area contributed by atoms with Crippen molar-refractivity contribution in [1.82, 2.24) is 14.8 Å². The Hall–Kier alpha value is -3.03. The van der Waals surface area contributed by atoms with Crippen molar-refractivity contribution in [3.63, 3.8) is 0 Å². The number of nitrogens with zero attached hydrogens (tertiary/aromatic N) is 2. The molecule has 1 fully saturated rings. The second-order valence-corrected chi connectivity index (χ2v) is 9.77. The molecule has 2 aromatic rings. The van der Waals surface area contributed by atoms with Crippen LogP contribution in [0.1, 0.15) is 76.2 Å². The maximum absolute atomic E-state index is 14.0. The van der Waals surface area contributed by atoms with Gasteiger partial charge in [0.05, 0.1) is 24.9 Å². The summed E-state index contributed by atoms with van der Waals surface area (Å²) in [6.45, 7) is 6.17. The van der Waals surface area contributed by atoms with Gasteiger partial charge < -0.3 is 24.8 Å². The molecule has 2 heterocycles. The van der Waals surface area contributed by atoms with Gasteiger partial charge in [0.2, 0.25) is 11.8 Å². The van der Waals surface area contributed by atoms with Gasteiger partial charge in [-0.2, -0.15) is 0 Å². The van der Waals surface area contributed by atoms with Crippen molar-refractivity contribution in [3.05, 3.63) is 23.9 Å². The highest BCUT2D eigenvalue weighted by molar-refractivity contribution is 6.14. The Morgan fingerprint density at radius 3 is 2.59 bits per heavy atom. The molecule has 0 bridgehead atoms. The lowest BCUT2D eigenvalue weighted by atomic mass is 9.91. The number of hydrogen-bond donors (Lipinski definition) is 2. The molecular formula is C26H36N4O4. The van der Waals surface area contributed by atoms with Gasteiger partial charge in [-0.3, -0.25) is 14.4 Å². The Morgan fingerprint density at radius 1 is 1.21 bits per heavy atom. The number of methoxy groups -OCH3 is 1. The van der Waals surface area contributed by atoms with Crippen molar-refractivity contribution in [3.8, 4) is 5.75 Å². The number of benzene rings is 1. The molecule has 8 nitrogen and oxygen atoms in total. The molecule has 184 valence electrons. The number of carbonyl (C=O) groups excluding carboxylic acids is 3. The van der Waals surface area contributed by atoms with E-state index in [0.717, 1.165) is 49.4 Å². The minimum atomic E-state index is -1.03. The second kappa shape index (κ2) is 9.68. The predicted octanol–water partition coefficient (Wildman–Crippen LogP) is 4.07. The number of unbranched alkanes of at least 4 members (excludes halogenated alkanes) is 1. The van der Waals surface area contributed by atoms with Crippen LogP contribution in [0.15, 0.2) is 18.2 Å². The molecule has 8 heteroatoms. The van der Waals surface area contributed by atoms with E-state index in [9.17, 15) is 14.4 Å². The molecule has 1 atom stereocenters. The van der Waals surface area contributed by atoms with Crippen LogP contribution in [0.2, 0.25) is 0 Å². The smallest absolute Gasteiger partial charge is 0.273 e. The third-order valence-corrected chi connectivity index (χ3v) is 7.25. The highest BCUT2D eigenvalue weighted by Gasteiger charge is 2.49. The van der Waals surface area contributed by atoms with E-state index in [0.29, 0.717) is 30.2 Å². The van der Waals surface area contributed by atoms with Gasteiger partial charge in [0.15, 0.2) is 0 Å². The van der Waals surface area contributed by atoms with E-state index in [1.807, 2.05) is 29.7 Å². The van der Waals surface area contributed by atoms with Crippen molar-refractivity contribution in [2.75, 3.05) is 19.0 Å². The predicted molar refractivity (Wildman–Crippen MR) is 132 cm³/mol. The van der Waals surface area contributed by atoms with Crippen LogP contribution in [0.5, 0.6) is 5.75 Å². The van der Waals surface area contributed by atoms with E-state index in [-0.39, 0.29) is 23.8 Å². The highest BCUT2D eigenvalue weighted by atomic mass is 16.5. The van der Waals surface area contributed by atoms with Crippen LogP contribution in [0.4, 0.5) is 5.69 Å². The summed E-state index contributed by atoms with van der Waals surface area (Å²) >= 11 is 0. The van der Waals surface area contributed by atoms with E-state index in [1.54, 1.807) is 12.0 Å². The van der Waals surface area contributed by atoms with Gasteiger partial charge in [-0.25, -0.2) is 0 Å². The zero-order valence-electron chi connectivity index (χ0n) is 20.7. The number of fused-ring (bicyclic) bond motifs is 3. The first kappa shape index (κ1) is 24.1. The fraction of sp³-hybridized carbons (Fsp3) is 0.577. The average Bonchev–Trinajstić information content (AvgIpc) is 3.11. The molecule has 2 aliphatic rings. The number of amides is 3. The van der Waals surface area contributed by atoms with Gasteiger partial charge in [-0.1, -0.05) is 32.6 Å². The Labute approximate surface area is 201 Å². The molecule has 4 rings (SSSR count). The number of carbonyl (C=O) groups is 3. The standard InChI is InChI=1S/C26H36N4O4/c1-5-6-14-30-24(32)23-22(27-17(2)31)20-15-19(34-4)12-13-21(20)29(23)16-26(30,3)25(33)28-18-10-8-7-9-11-18/h12-13,15,18H,5-11,14,16H2,1-4H3,(H,27,31)(H,28,33). The summed E-state index contributed by atoms with van der Waals surface area (Å²) in [5.74, 6) is 0.0374. The van der Waals surface area contributed by atoms with Crippen LogP contribution in [-0.2, 0) is 16.1 Å². The number of aromatic nitrogens is 1. The minimum Gasteiger partial charge on any atom is -0.497 e. The van der Waals surface area contributed by atoms with Crippen LogP contribution in [-0.4, -0.2) is 52.4 Å². The Morgan fingerprint density at radius 2 is 1.94 bits per heavy atom. The number of ether oxygens (including phenoxy) is 1. The normalized spacial score (nSPS) is 20.8. The van der Waals surface area contributed by atoms with E-state index in [4.69, 9.17) is 4.74 Å². The monoisotopic (exact) mass is 468 g/mol. The maximum atomic E-state index is 14.0. The minimum absolute atomic E-state index is 0.106.